The summed E-state index contributed by atoms with van der Waals surface area (Å²) >= 11 is 0. The maximum Gasteiger partial charge on any atom is 0.339 e. The maximum absolute atomic E-state index is 11.2. The van der Waals surface area contributed by atoms with E-state index in [1.54, 1.807) is 0 Å². The molecule has 0 saturated carbocycles. The first-order valence-electron chi connectivity index (χ1n) is 6.12. The van der Waals surface area contributed by atoms with Gasteiger partial charge in [0, 0.05) is 18.7 Å². The molecule has 0 amide bonds. The van der Waals surface area contributed by atoms with Crippen LogP contribution in [0.5, 0.6) is 0 Å². The van der Waals surface area contributed by atoms with Gasteiger partial charge in [0.1, 0.15) is 17.6 Å². The van der Waals surface area contributed by atoms with Gasteiger partial charge in [-0.05, 0) is 12.3 Å². The lowest BCUT2D eigenvalue weighted by Crippen LogP contribution is -2.28. The lowest BCUT2D eigenvalue weighted by atomic mass is 10.0. The molecule has 0 aliphatic heterocycles. The number of aliphatic hydroxyl groups excluding tert-OH is 1. The molecule has 1 aromatic heterocycles. The van der Waals surface area contributed by atoms with Crippen LogP contribution in [0, 0.1) is 16.0 Å². The molecule has 0 aliphatic carbocycles. The molecule has 1 heterocycles. The Labute approximate surface area is 115 Å². The predicted molar refractivity (Wildman–Crippen MR) is 71.8 cm³/mol. The van der Waals surface area contributed by atoms with Gasteiger partial charge in [-0.25, -0.2) is 9.78 Å². The Balaban J connectivity index is 3.10. The number of hydrogen-bond acceptors (Lipinski definition) is 6. The fourth-order valence-corrected chi connectivity index (χ4v) is 1.72. The van der Waals surface area contributed by atoms with E-state index in [0.29, 0.717) is 6.42 Å². The van der Waals surface area contributed by atoms with Gasteiger partial charge in [-0.3, -0.25) is 10.1 Å². The van der Waals surface area contributed by atoms with Crippen LogP contribution in [0.3, 0.4) is 0 Å². The first-order valence-corrected chi connectivity index (χ1v) is 6.12. The number of aromatic nitrogens is 1. The van der Waals surface area contributed by atoms with Crippen LogP contribution in [0.2, 0.25) is 0 Å². The Morgan fingerprint density at radius 1 is 1.55 bits per heavy atom. The molecule has 0 spiro atoms. The number of nitro groups is 1. The second-order valence-electron chi connectivity index (χ2n) is 4.66. The van der Waals surface area contributed by atoms with Gasteiger partial charge in [-0.2, -0.15) is 0 Å². The van der Waals surface area contributed by atoms with E-state index in [4.69, 9.17) is 10.2 Å². The number of nitrogens with one attached hydrogen (secondary N) is 1. The summed E-state index contributed by atoms with van der Waals surface area (Å²) in [5.41, 5.74) is -0.640. The highest BCUT2D eigenvalue weighted by molar-refractivity contribution is 5.93. The normalized spacial score (nSPS) is 12.2. The van der Waals surface area contributed by atoms with Crippen molar-refractivity contribution in [1.82, 2.24) is 4.98 Å². The average Bonchev–Trinajstić information content (AvgIpc) is 2.37. The first-order chi connectivity index (χ1) is 9.36. The number of anilines is 1. The largest absolute Gasteiger partial charge is 0.478 e. The zero-order chi connectivity index (χ0) is 15.3. The van der Waals surface area contributed by atoms with Gasteiger partial charge >= 0.3 is 5.97 Å². The molecule has 8 heteroatoms. The molecule has 0 radical (unpaired) electrons. The fourth-order valence-electron chi connectivity index (χ4n) is 1.72. The predicted octanol–water partition coefficient (Wildman–Crippen LogP) is 1.51. The van der Waals surface area contributed by atoms with Gasteiger partial charge in [-0.1, -0.05) is 13.8 Å². The van der Waals surface area contributed by atoms with Crippen molar-refractivity contribution in [1.29, 1.82) is 0 Å². The molecule has 1 aromatic rings. The molecule has 3 N–H and O–H groups in total. The standard InChI is InChI=1S/C12H17N3O5/c1-7(2)10(3-4-16)14-11-9(12(17)18)5-8(6-13-11)15(19)20/h5-7,10,16H,3-4H2,1-2H3,(H,13,14)(H,17,18). The molecule has 0 saturated heterocycles. The van der Waals surface area contributed by atoms with Crippen LogP contribution >= 0.6 is 0 Å². The highest BCUT2D eigenvalue weighted by Gasteiger charge is 2.21. The van der Waals surface area contributed by atoms with Crippen molar-refractivity contribution < 1.29 is 19.9 Å². The summed E-state index contributed by atoms with van der Waals surface area (Å²) in [6.45, 7) is 3.78. The molecule has 0 bridgehead atoms. The molecule has 110 valence electrons. The number of hydrogen-bond donors (Lipinski definition) is 3. The Morgan fingerprint density at radius 3 is 2.65 bits per heavy atom. The molecule has 1 atom stereocenters. The lowest BCUT2D eigenvalue weighted by molar-refractivity contribution is -0.385. The van der Waals surface area contributed by atoms with E-state index in [0.717, 1.165) is 12.3 Å². The Bertz CT molecular complexity index is 504. The number of carboxylic acids is 1. The SMILES string of the molecule is CC(C)C(CCO)Nc1ncc([N+](=O)[O-])cc1C(=O)O. The molecular weight excluding hydrogens is 266 g/mol. The molecular formula is C12H17N3O5. The van der Waals surface area contributed by atoms with Crippen molar-refractivity contribution in [3.8, 4) is 0 Å². The summed E-state index contributed by atoms with van der Waals surface area (Å²) in [6, 6.07) is 0.792. The fraction of sp³-hybridized carbons (Fsp3) is 0.500. The van der Waals surface area contributed by atoms with Gasteiger partial charge in [0.25, 0.3) is 5.69 Å². The quantitative estimate of drug-likeness (QED) is 0.511. The number of nitrogens with zero attached hydrogens (tertiary/aromatic N) is 2. The summed E-state index contributed by atoms with van der Waals surface area (Å²) in [4.78, 5) is 24.9. The molecule has 8 nitrogen and oxygen atoms in total. The minimum atomic E-state index is -1.30. The molecule has 20 heavy (non-hydrogen) atoms. The van der Waals surface area contributed by atoms with Crippen LogP contribution in [0.1, 0.15) is 30.6 Å². The zero-order valence-electron chi connectivity index (χ0n) is 11.2. The Morgan fingerprint density at radius 2 is 2.20 bits per heavy atom. The number of carbonyl (C=O) groups is 1. The second kappa shape index (κ2) is 6.80. The topological polar surface area (TPSA) is 126 Å². The van der Waals surface area contributed by atoms with Crippen LogP contribution < -0.4 is 5.32 Å². The number of pyridine rings is 1. The Hall–Kier alpha value is -2.22. The van der Waals surface area contributed by atoms with E-state index in [2.05, 4.69) is 10.3 Å². The number of carboxylic acid groups (broad SMARTS) is 1. The van der Waals surface area contributed by atoms with Crippen molar-refractivity contribution in [2.24, 2.45) is 5.92 Å². The molecule has 1 rings (SSSR count). The number of aromatic carboxylic acids is 1. The maximum atomic E-state index is 11.2. The van der Waals surface area contributed by atoms with Crippen LogP contribution in [0.25, 0.3) is 0 Å². The Kier molecular flexibility index (Phi) is 5.39. The molecule has 0 aromatic carbocycles. The van der Waals surface area contributed by atoms with Gasteiger partial charge in [0.15, 0.2) is 0 Å². The van der Waals surface area contributed by atoms with Crippen LogP contribution in [0.15, 0.2) is 12.3 Å². The van der Waals surface area contributed by atoms with E-state index < -0.39 is 10.9 Å². The van der Waals surface area contributed by atoms with Crippen LogP contribution in [0.4, 0.5) is 11.5 Å². The van der Waals surface area contributed by atoms with Gasteiger partial charge in [-0.15, -0.1) is 0 Å². The minimum Gasteiger partial charge on any atom is -0.478 e. The third-order valence-electron chi connectivity index (χ3n) is 2.88. The van der Waals surface area contributed by atoms with E-state index in [-0.39, 0.29) is 35.6 Å². The van der Waals surface area contributed by atoms with Crippen molar-refractivity contribution in [2.45, 2.75) is 26.3 Å². The first kappa shape index (κ1) is 15.8. The van der Waals surface area contributed by atoms with Crippen molar-refractivity contribution in [3.05, 3.63) is 27.9 Å². The summed E-state index contributed by atoms with van der Waals surface area (Å²) in [5, 5.41) is 31.7. The van der Waals surface area contributed by atoms with Gasteiger partial charge in [0.05, 0.1) is 4.92 Å². The van der Waals surface area contributed by atoms with Gasteiger partial charge < -0.3 is 15.5 Å². The van der Waals surface area contributed by atoms with Crippen LogP contribution in [-0.2, 0) is 0 Å². The number of aliphatic hydroxyl groups is 1. The van der Waals surface area contributed by atoms with E-state index >= 15 is 0 Å². The van der Waals surface area contributed by atoms with E-state index in [9.17, 15) is 14.9 Å². The molecule has 1 unspecified atom stereocenters. The van der Waals surface area contributed by atoms with E-state index in [1.807, 2.05) is 13.8 Å². The molecule has 0 aliphatic rings. The van der Waals surface area contributed by atoms with Crippen molar-refractivity contribution >= 4 is 17.5 Å². The average molecular weight is 283 g/mol. The zero-order valence-corrected chi connectivity index (χ0v) is 11.2. The summed E-state index contributed by atoms with van der Waals surface area (Å²) in [7, 11) is 0. The summed E-state index contributed by atoms with van der Waals surface area (Å²) < 4.78 is 0. The lowest BCUT2D eigenvalue weighted by Gasteiger charge is -2.22. The highest BCUT2D eigenvalue weighted by atomic mass is 16.6. The van der Waals surface area contributed by atoms with E-state index in [1.165, 1.54) is 0 Å². The van der Waals surface area contributed by atoms with Gasteiger partial charge in [0.2, 0.25) is 0 Å². The summed E-state index contributed by atoms with van der Waals surface area (Å²) in [6.07, 6.45) is 1.43. The second-order valence-corrected chi connectivity index (χ2v) is 4.66. The number of rotatable bonds is 7. The minimum absolute atomic E-state index is 0.0504. The highest BCUT2D eigenvalue weighted by Crippen LogP contribution is 2.21. The third kappa shape index (κ3) is 3.89. The monoisotopic (exact) mass is 283 g/mol. The smallest absolute Gasteiger partial charge is 0.339 e. The third-order valence-corrected chi connectivity index (χ3v) is 2.88. The van der Waals surface area contributed by atoms with Crippen LogP contribution in [-0.4, -0.2) is 38.7 Å². The summed E-state index contributed by atoms with van der Waals surface area (Å²) in [5.74, 6) is -1.09. The van der Waals surface area contributed by atoms with Crippen molar-refractivity contribution in [2.75, 3.05) is 11.9 Å². The van der Waals surface area contributed by atoms with Crippen molar-refractivity contribution in [3.63, 3.8) is 0 Å². The molecule has 0 fully saturated rings.